The highest BCUT2D eigenvalue weighted by molar-refractivity contribution is 8.00. The summed E-state index contributed by atoms with van der Waals surface area (Å²) in [6, 6.07) is 7.91. The Morgan fingerprint density at radius 1 is 1.23 bits per heavy atom. The van der Waals surface area contributed by atoms with Gasteiger partial charge in [-0.25, -0.2) is 0 Å². The monoisotopic (exact) mass is 325 g/mol. The average Bonchev–Trinajstić information content (AvgIpc) is 2.49. The van der Waals surface area contributed by atoms with Crippen molar-refractivity contribution in [2.75, 3.05) is 20.3 Å². The van der Waals surface area contributed by atoms with E-state index in [1.807, 2.05) is 31.2 Å². The Balaban J connectivity index is 2.42. The van der Waals surface area contributed by atoms with Gasteiger partial charge in [-0.3, -0.25) is 9.59 Å². The second-order valence-electron chi connectivity index (χ2n) is 4.94. The minimum absolute atomic E-state index is 0.321. The van der Waals surface area contributed by atoms with Crippen molar-refractivity contribution >= 4 is 23.6 Å². The Kier molecular flexibility index (Phi) is 7.98. The molecule has 2 atom stereocenters. The molecule has 1 amide bonds. The molecule has 122 valence electrons. The Bertz CT molecular complexity index is 489. The van der Waals surface area contributed by atoms with Gasteiger partial charge in [0.05, 0.1) is 6.61 Å². The number of nitrogens with one attached hydrogen (secondary N) is 1. The van der Waals surface area contributed by atoms with Crippen LogP contribution in [0.2, 0.25) is 0 Å². The van der Waals surface area contributed by atoms with Crippen LogP contribution in [0, 0.1) is 6.92 Å². The number of carbonyl (C=O) groups excluding carboxylic acids is 2. The van der Waals surface area contributed by atoms with Crippen LogP contribution in [0.15, 0.2) is 29.2 Å². The summed E-state index contributed by atoms with van der Waals surface area (Å²) < 4.78 is 10.0. The third-order valence-corrected chi connectivity index (χ3v) is 4.02. The molecule has 1 N–H and O–H groups in total. The summed E-state index contributed by atoms with van der Waals surface area (Å²) in [5.74, 6) is -0.724. The molecule has 1 aromatic carbocycles. The molecule has 0 saturated carbocycles. The SMILES string of the molecule is COCCNC(=O)[C@@H](C)OC(=O)[C@H](C)Sc1ccc(C)cc1. The van der Waals surface area contributed by atoms with Gasteiger partial charge < -0.3 is 14.8 Å². The van der Waals surface area contributed by atoms with Crippen LogP contribution in [0.5, 0.6) is 0 Å². The summed E-state index contributed by atoms with van der Waals surface area (Å²) in [7, 11) is 1.56. The molecular formula is C16H23NO4S. The van der Waals surface area contributed by atoms with Crippen molar-refractivity contribution in [2.24, 2.45) is 0 Å². The maximum atomic E-state index is 12.0. The number of ether oxygens (including phenoxy) is 2. The summed E-state index contributed by atoms with van der Waals surface area (Å²) in [5.41, 5.74) is 1.17. The number of esters is 1. The van der Waals surface area contributed by atoms with E-state index in [-0.39, 0.29) is 11.2 Å². The molecule has 0 fully saturated rings. The van der Waals surface area contributed by atoms with E-state index in [2.05, 4.69) is 5.32 Å². The highest BCUT2D eigenvalue weighted by Crippen LogP contribution is 2.24. The van der Waals surface area contributed by atoms with Crippen molar-refractivity contribution in [3.05, 3.63) is 29.8 Å². The first kappa shape index (κ1) is 18.5. The fraction of sp³-hybridized carbons (Fsp3) is 0.500. The van der Waals surface area contributed by atoms with E-state index in [0.717, 1.165) is 4.90 Å². The number of rotatable bonds is 8. The maximum absolute atomic E-state index is 12.0. The Labute approximate surface area is 135 Å². The molecule has 0 bridgehead atoms. The minimum atomic E-state index is -0.814. The average molecular weight is 325 g/mol. The van der Waals surface area contributed by atoms with E-state index in [4.69, 9.17) is 9.47 Å². The summed E-state index contributed by atoms with van der Waals surface area (Å²) in [5, 5.41) is 2.26. The van der Waals surface area contributed by atoms with Gasteiger partial charge in [-0.1, -0.05) is 17.7 Å². The molecule has 0 aromatic heterocycles. The Morgan fingerprint density at radius 3 is 2.45 bits per heavy atom. The molecule has 1 rings (SSSR count). The number of carbonyl (C=O) groups is 2. The predicted octanol–water partition coefficient (Wildman–Crippen LogP) is 2.17. The smallest absolute Gasteiger partial charge is 0.319 e. The molecule has 0 saturated heterocycles. The van der Waals surface area contributed by atoms with E-state index in [9.17, 15) is 9.59 Å². The molecule has 0 spiro atoms. The van der Waals surface area contributed by atoms with E-state index in [1.165, 1.54) is 17.3 Å². The largest absolute Gasteiger partial charge is 0.452 e. The summed E-state index contributed by atoms with van der Waals surface area (Å²) in [6.07, 6.45) is -0.814. The molecule has 5 nitrogen and oxygen atoms in total. The first-order valence-corrected chi connectivity index (χ1v) is 8.02. The lowest BCUT2D eigenvalue weighted by atomic mass is 10.2. The molecule has 6 heteroatoms. The second-order valence-corrected chi connectivity index (χ2v) is 6.35. The number of aryl methyl sites for hydroxylation is 1. The van der Waals surface area contributed by atoms with Crippen LogP contribution in [-0.2, 0) is 19.1 Å². The van der Waals surface area contributed by atoms with Crippen LogP contribution in [0.25, 0.3) is 0 Å². The van der Waals surface area contributed by atoms with E-state index < -0.39 is 12.1 Å². The summed E-state index contributed by atoms with van der Waals surface area (Å²) in [6.45, 7) is 6.15. The Morgan fingerprint density at radius 2 is 1.86 bits per heavy atom. The highest BCUT2D eigenvalue weighted by atomic mass is 32.2. The Hall–Kier alpha value is -1.53. The zero-order valence-corrected chi connectivity index (χ0v) is 14.2. The number of hydrogen-bond acceptors (Lipinski definition) is 5. The number of benzene rings is 1. The van der Waals surface area contributed by atoms with Gasteiger partial charge in [0, 0.05) is 18.6 Å². The lowest BCUT2D eigenvalue weighted by Crippen LogP contribution is -2.38. The van der Waals surface area contributed by atoms with E-state index >= 15 is 0 Å². The maximum Gasteiger partial charge on any atom is 0.319 e. The first-order chi connectivity index (χ1) is 10.4. The molecule has 22 heavy (non-hydrogen) atoms. The predicted molar refractivity (Wildman–Crippen MR) is 86.9 cm³/mol. The van der Waals surface area contributed by atoms with Gasteiger partial charge in [0.2, 0.25) is 0 Å². The molecule has 0 unspecified atom stereocenters. The third kappa shape index (κ3) is 6.49. The molecule has 0 aliphatic heterocycles. The van der Waals surface area contributed by atoms with Gasteiger partial charge >= 0.3 is 5.97 Å². The van der Waals surface area contributed by atoms with Crippen LogP contribution in [-0.4, -0.2) is 43.5 Å². The van der Waals surface area contributed by atoms with Crippen molar-refractivity contribution in [2.45, 2.75) is 37.0 Å². The zero-order valence-electron chi connectivity index (χ0n) is 13.4. The van der Waals surface area contributed by atoms with Gasteiger partial charge in [0.1, 0.15) is 5.25 Å². The molecule has 1 aromatic rings. The zero-order chi connectivity index (χ0) is 16.5. The number of hydrogen-bond donors (Lipinski definition) is 1. The van der Waals surface area contributed by atoms with Crippen molar-refractivity contribution in [1.29, 1.82) is 0 Å². The van der Waals surface area contributed by atoms with E-state index in [1.54, 1.807) is 21.0 Å². The van der Waals surface area contributed by atoms with Crippen LogP contribution >= 0.6 is 11.8 Å². The van der Waals surface area contributed by atoms with Gasteiger partial charge in [-0.15, -0.1) is 11.8 Å². The number of methoxy groups -OCH3 is 1. The highest BCUT2D eigenvalue weighted by Gasteiger charge is 2.22. The number of amides is 1. The lowest BCUT2D eigenvalue weighted by Gasteiger charge is -2.16. The van der Waals surface area contributed by atoms with Crippen molar-refractivity contribution < 1.29 is 19.1 Å². The summed E-state index contributed by atoms with van der Waals surface area (Å²) >= 11 is 1.41. The van der Waals surface area contributed by atoms with Gasteiger partial charge in [0.15, 0.2) is 6.10 Å². The van der Waals surface area contributed by atoms with Gasteiger partial charge in [-0.05, 0) is 32.9 Å². The quantitative estimate of drug-likeness (QED) is 0.451. The molecule has 0 aliphatic carbocycles. The normalized spacial score (nSPS) is 13.3. The molecule has 0 aliphatic rings. The molecular weight excluding hydrogens is 302 g/mol. The van der Waals surface area contributed by atoms with Crippen LogP contribution in [0.4, 0.5) is 0 Å². The van der Waals surface area contributed by atoms with Gasteiger partial charge in [-0.2, -0.15) is 0 Å². The standard InChI is InChI=1S/C16H23NO4S/c1-11-5-7-14(8-6-11)22-13(3)16(19)21-12(2)15(18)17-9-10-20-4/h5-8,12-13H,9-10H2,1-4H3,(H,17,18)/t12-,13+/m1/s1. The third-order valence-electron chi connectivity index (χ3n) is 2.93. The minimum Gasteiger partial charge on any atom is -0.452 e. The van der Waals surface area contributed by atoms with Crippen molar-refractivity contribution in [3.8, 4) is 0 Å². The molecule has 0 radical (unpaired) electrons. The van der Waals surface area contributed by atoms with Crippen LogP contribution in [0.3, 0.4) is 0 Å². The topological polar surface area (TPSA) is 64.6 Å². The van der Waals surface area contributed by atoms with Crippen LogP contribution in [0.1, 0.15) is 19.4 Å². The van der Waals surface area contributed by atoms with Crippen molar-refractivity contribution in [3.63, 3.8) is 0 Å². The fourth-order valence-corrected chi connectivity index (χ4v) is 2.47. The van der Waals surface area contributed by atoms with E-state index in [0.29, 0.717) is 13.2 Å². The number of thioether (sulfide) groups is 1. The van der Waals surface area contributed by atoms with Gasteiger partial charge in [0.25, 0.3) is 5.91 Å². The second kappa shape index (κ2) is 9.48. The van der Waals surface area contributed by atoms with Crippen LogP contribution < -0.4 is 5.32 Å². The fourth-order valence-electron chi connectivity index (χ4n) is 1.61. The lowest BCUT2D eigenvalue weighted by molar-refractivity contribution is -0.154. The molecule has 0 heterocycles. The first-order valence-electron chi connectivity index (χ1n) is 7.14. The summed E-state index contributed by atoms with van der Waals surface area (Å²) in [4.78, 5) is 24.7. The van der Waals surface area contributed by atoms with Crippen molar-refractivity contribution in [1.82, 2.24) is 5.32 Å².